The van der Waals surface area contributed by atoms with Crippen LogP contribution in [0.5, 0.6) is 0 Å². The van der Waals surface area contributed by atoms with Gasteiger partial charge in [-0.1, -0.05) is 38.8 Å². The third-order valence-corrected chi connectivity index (χ3v) is 4.56. The predicted octanol–water partition coefficient (Wildman–Crippen LogP) is 4.95. The van der Waals surface area contributed by atoms with E-state index >= 15 is 0 Å². The van der Waals surface area contributed by atoms with Crippen LogP contribution in [-0.4, -0.2) is 12.1 Å². The smallest absolute Gasteiger partial charge is 0.123 e. The van der Waals surface area contributed by atoms with Gasteiger partial charge in [0.2, 0.25) is 0 Å². The molecule has 2 heteroatoms. The normalized spacial score (nSPS) is 24.2. The van der Waals surface area contributed by atoms with Gasteiger partial charge in [-0.2, -0.15) is 0 Å². The molecule has 3 atom stereocenters. The number of benzene rings is 1. The molecule has 3 unspecified atom stereocenters. The third kappa shape index (κ3) is 5.78. The first-order valence-corrected chi connectivity index (χ1v) is 8.53. The van der Waals surface area contributed by atoms with Gasteiger partial charge in [-0.05, 0) is 62.1 Å². The van der Waals surface area contributed by atoms with E-state index in [1.165, 1.54) is 37.7 Å². The average Bonchev–Trinajstić information content (AvgIpc) is 2.41. The van der Waals surface area contributed by atoms with Crippen LogP contribution in [0.15, 0.2) is 24.3 Å². The maximum absolute atomic E-state index is 12.9. The average molecular weight is 291 g/mol. The van der Waals surface area contributed by atoms with Crippen LogP contribution >= 0.6 is 0 Å². The number of hydrogen-bond acceptors (Lipinski definition) is 1. The number of hydrogen-bond donors (Lipinski definition) is 1. The molecule has 1 N–H and O–H groups in total. The van der Waals surface area contributed by atoms with Crippen molar-refractivity contribution in [3.63, 3.8) is 0 Å². The number of rotatable bonds is 6. The van der Waals surface area contributed by atoms with Crippen molar-refractivity contribution in [2.45, 2.75) is 71.4 Å². The molecule has 21 heavy (non-hydrogen) atoms. The van der Waals surface area contributed by atoms with Crippen LogP contribution in [0.4, 0.5) is 4.39 Å². The lowest BCUT2D eigenvalue weighted by molar-refractivity contribution is 0.242. The second-order valence-corrected chi connectivity index (χ2v) is 7.26. The highest BCUT2D eigenvalue weighted by atomic mass is 19.1. The van der Waals surface area contributed by atoms with Crippen molar-refractivity contribution in [2.75, 3.05) is 0 Å². The summed E-state index contributed by atoms with van der Waals surface area (Å²) in [4.78, 5) is 0. The van der Waals surface area contributed by atoms with E-state index < -0.39 is 0 Å². The number of nitrogens with one attached hydrogen (secondary N) is 1. The predicted molar refractivity (Wildman–Crippen MR) is 87.9 cm³/mol. The van der Waals surface area contributed by atoms with Crippen molar-refractivity contribution < 1.29 is 4.39 Å². The van der Waals surface area contributed by atoms with Crippen LogP contribution in [0.1, 0.15) is 58.4 Å². The van der Waals surface area contributed by atoms with Gasteiger partial charge in [-0.25, -0.2) is 4.39 Å². The summed E-state index contributed by atoms with van der Waals surface area (Å²) in [6, 6.07) is 8.03. The van der Waals surface area contributed by atoms with Crippen LogP contribution in [-0.2, 0) is 6.42 Å². The van der Waals surface area contributed by atoms with E-state index in [0.717, 1.165) is 18.3 Å². The van der Waals surface area contributed by atoms with Crippen molar-refractivity contribution in [3.05, 3.63) is 35.6 Å². The lowest BCUT2D eigenvalue weighted by Gasteiger charge is -2.32. The van der Waals surface area contributed by atoms with Crippen molar-refractivity contribution in [1.82, 2.24) is 5.32 Å². The van der Waals surface area contributed by atoms with E-state index in [1.54, 1.807) is 12.1 Å². The molecule has 1 aromatic carbocycles. The molecule has 1 aliphatic rings. The first-order chi connectivity index (χ1) is 10.0. The molecule has 0 aromatic heterocycles. The van der Waals surface area contributed by atoms with Crippen LogP contribution in [0.25, 0.3) is 0 Å². The molecule has 1 aliphatic carbocycles. The fourth-order valence-electron chi connectivity index (χ4n) is 3.76. The Morgan fingerprint density at radius 2 is 1.86 bits per heavy atom. The highest BCUT2D eigenvalue weighted by Crippen LogP contribution is 2.29. The van der Waals surface area contributed by atoms with E-state index in [2.05, 4.69) is 26.1 Å². The second kappa shape index (κ2) is 7.93. The zero-order valence-electron chi connectivity index (χ0n) is 13.7. The minimum Gasteiger partial charge on any atom is -0.311 e. The summed E-state index contributed by atoms with van der Waals surface area (Å²) in [6.07, 6.45) is 7.74. The van der Waals surface area contributed by atoms with Crippen molar-refractivity contribution in [2.24, 2.45) is 11.8 Å². The Labute approximate surface area is 129 Å². The summed E-state index contributed by atoms with van der Waals surface area (Å²) < 4.78 is 12.9. The Morgan fingerprint density at radius 3 is 2.52 bits per heavy atom. The summed E-state index contributed by atoms with van der Waals surface area (Å²) in [5.74, 6) is 1.56. The molecule has 2 rings (SSSR count). The van der Waals surface area contributed by atoms with E-state index in [0.29, 0.717) is 12.1 Å². The molecule has 0 aliphatic heterocycles. The summed E-state index contributed by atoms with van der Waals surface area (Å²) in [6.45, 7) is 6.90. The molecule has 0 heterocycles. The quantitative estimate of drug-likeness (QED) is 0.782. The van der Waals surface area contributed by atoms with Gasteiger partial charge in [0.15, 0.2) is 0 Å². The third-order valence-electron chi connectivity index (χ3n) is 4.56. The molecule has 0 radical (unpaired) electrons. The minimum absolute atomic E-state index is 0.150. The first kappa shape index (κ1) is 16.5. The van der Waals surface area contributed by atoms with E-state index in [9.17, 15) is 4.39 Å². The van der Waals surface area contributed by atoms with Gasteiger partial charge in [0, 0.05) is 12.1 Å². The van der Waals surface area contributed by atoms with E-state index in [4.69, 9.17) is 0 Å². The lowest BCUT2D eigenvalue weighted by atomic mass is 9.81. The molecule has 0 spiro atoms. The zero-order valence-corrected chi connectivity index (χ0v) is 13.7. The summed E-state index contributed by atoms with van der Waals surface area (Å²) in [5, 5.41) is 3.79. The standard InChI is InChI=1S/C19H30FN/c1-14(2)11-17-5-4-6-19(13-17)21-15(3)12-16-7-9-18(20)10-8-16/h7-10,14-15,17,19,21H,4-6,11-13H2,1-3H3. The Hall–Kier alpha value is -0.890. The van der Waals surface area contributed by atoms with E-state index in [1.807, 2.05) is 12.1 Å². The zero-order chi connectivity index (χ0) is 15.2. The van der Waals surface area contributed by atoms with Crippen molar-refractivity contribution in [1.29, 1.82) is 0 Å². The van der Waals surface area contributed by atoms with Gasteiger partial charge >= 0.3 is 0 Å². The monoisotopic (exact) mass is 291 g/mol. The molecule has 1 saturated carbocycles. The highest BCUT2D eigenvalue weighted by molar-refractivity contribution is 5.17. The molecule has 1 nitrogen and oxygen atoms in total. The highest BCUT2D eigenvalue weighted by Gasteiger charge is 2.23. The van der Waals surface area contributed by atoms with Crippen molar-refractivity contribution in [3.8, 4) is 0 Å². The fourth-order valence-corrected chi connectivity index (χ4v) is 3.76. The fraction of sp³-hybridized carbons (Fsp3) is 0.684. The van der Waals surface area contributed by atoms with Gasteiger partial charge in [0.25, 0.3) is 0 Å². The molecular weight excluding hydrogens is 261 g/mol. The molecular formula is C19H30FN. The Kier molecular flexibility index (Phi) is 6.22. The number of halogens is 1. The van der Waals surface area contributed by atoms with Crippen molar-refractivity contribution >= 4 is 0 Å². The summed E-state index contributed by atoms with van der Waals surface area (Å²) >= 11 is 0. The maximum atomic E-state index is 12.9. The Balaban J connectivity index is 1.78. The summed E-state index contributed by atoms with van der Waals surface area (Å²) in [7, 11) is 0. The van der Waals surface area contributed by atoms with Crippen LogP contribution in [0.2, 0.25) is 0 Å². The van der Waals surface area contributed by atoms with Crippen LogP contribution in [0, 0.1) is 17.7 Å². The Morgan fingerprint density at radius 1 is 1.14 bits per heavy atom. The Bertz CT molecular complexity index is 412. The summed E-state index contributed by atoms with van der Waals surface area (Å²) in [5.41, 5.74) is 1.21. The maximum Gasteiger partial charge on any atom is 0.123 e. The van der Waals surface area contributed by atoms with Gasteiger partial charge < -0.3 is 5.32 Å². The van der Waals surface area contributed by atoms with Crippen LogP contribution < -0.4 is 5.32 Å². The molecule has 0 saturated heterocycles. The SMILES string of the molecule is CC(C)CC1CCCC(NC(C)Cc2ccc(F)cc2)C1. The van der Waals surface area contributed by atoms with Gasteiger partial charge in [-0.15, -0.1) is 0 Å². The van der Waals surface area contributed by atoms with Gasteiger partial charge in [0.05, 0.1) is 0 Å². The first-order valence-electron chi connectivity index (χ1n) is 8.53. The second-order valence-electron chi connectivity index (χ2n) is 7.26. The largest absolute Gasteiger partial charge is 0.311 e. The minimum atomic E-state index is -0.150. The van der Waals surface area contributed by atoms with Crippen LogP contribution in [0.3, 0.4) is 0 Å². The molecule has 0 bridgehead atoms. The van der Waals surface area contributed by atoms with E-state index in [-0.39, 0.29) is 5.82 Å². The molecule has 1 fully saturated rings. The van der Waals surface area contributed by atoms with Gasteiger partial charge in [-0.3, -0.25) is 0 Å². The topological polar surface area (TPSA) is 12.0 Å². The lowest BCUT2D eigenvalue weighted by Crippen LogP contribution is -2.40. The molecule has 0 amide bonds. The molecule has 118 valence electrons. The molecule has 1 aromatic rings. The van der Waals surface area contributed by atoms with Gasteiger partial charge in [0.1, 0.15) is 5.82 Å².